The fraction of sp³-hybridized carbons (Fsp3) is 0.312. The van der Waals surface area contributed by atoms with Gasteiger partial charge in [0.15, 0.2) is 0 Å². The number of hydrogen-bond donors (Lipinski definition) is 0. The van der Waals surface area contributed by atoms with Crippen molar-refractivity contribution in [3.05, 3.63) is 54.1 Å². The first-order valence-electron chi connectivity index (χ1n) is 7.29. The Morgan fingerprint density at radius 2 is 2.23 bits per heavy atom. The van der Waals surface area contributed by atoms with Gasteiger partial charge in [-0.25, -0.2) is 4.98 Å². The van der Waals surface area contributed by atoms with Gasteiger partial charge in [0.05, 0.1) is 13.0 Å². The van der Waals surface area contributed by atoms with E-state index in [1.165, 1.54) is 0 Å². The van der Waals surface area contributed by atoms with Crippen LogP contribution in [0.5, 0.6) is 0 Å². The lowest BCUT2D eigenvalue weighted by Gasteiger charge is -2.17. The molecule has 0 spiro atoms. The molecule has 0 bridgehead atoms. The molecule has 2 heterocycles. The zero-order valence-corrected chi connectivity index (χ0v) is 12.5. The van der Waals surface area contributed by atoms with Crippen LogP contribution in [-0.4, -0.2) is 50.9 Å². The summed E-state index contributed by atoms with van der Waals surface area (Å²) in [5.41, 5.74) is 1.64. The Morgan fingerprint density at radius 1 is 1.36 bits per heavy atom. The molecule has 2 aromatic rings. The molecule has 0 radical (unpaired) electrons. The van der Waals surface area contributed by atoms with Crippen LogP contribution < -0.4 is 0 Å². The molecule has 0 saturated carbocycles. The van der Waals surface area contributed by atoms with Gasteiger partial charge in [-0.05, 0) is 24.6 Å². The Labute approximate surface area is 129 Å². The molecule has 3 rings (SSSR count). The lowest BCUT2D eigenvalue weighted by atomic mass is 10.1. The van der Waals surface area contributed by atoms with Crippen molar-refractivity contribution < 1.29 is 9.59 Å². The molecule has 1 aliphatic heterocycles. The van der Waals surface area contributed by atoms with Crippen molar-refractivity contribution in [2.24, 2.45) is 0 Å². The number of benzene rings is 1. The monoisotopic (exact) mass is 298 g/mol. The van der Waals surface area contributed by atoms with Gasteiger partial charge in [0.25, 0.3) is 5.91 Å². The number of amides is 2. The number of nitrogens with zero attached hydrogens (tertiary/aromatic N) is 4. The van der Waals surface area contributed by atoms with Crippen molar-refractivity contribution in [3.8, 4) is 0 Å². The maximum absolute atomic E-state index is 12.5. The van der Waals surface area contributed by atoms with Gasteiger partial charge in [-0.1, -0.05) is 12.1 Å². The maximum atomic E-state index is 12.5. The van der Waals surface area contributed by atoms with E-state index in [0.717, 1.165) is 5.56 Å². The van der Waals surface area contributed by atoms with E-state index in [-0.39, 0.29) is 18.4 Å². The van der Waals surface area contributed by atoms with Crippen LogP contribution >= 0.6 is 0 Å². The third-order valence-corrected chi connectivity index (χ3v) is 3.79. The average molecular weight is 298 g/mol. The minimum atomic E-state index is -0.100. The summed E-state index contributed by atoms with van der Waals surface area (Å²) in [4.78, 5) is 31.6. The Bertz CT molecular complexity index is 681. The minimum Gasteiger partial charge on any atom is -0.333 e. The summed E-state index contributed by atoms with van der Waals surface area (Å²) < 4.78 is 1.95. The van der Waals surface area contributed by atoms with E-state index in [0.29, 0.717) is 25.3 Å². The van der Waals surface area contributed by atoms with Crippen molar-refractivity contribution in [2.45, 2.75) is 13.5 Å². The lowest BCUT2D eigenvalue weighted by molar-refractivity contribution is -0.126. The first-order chi connectivity index (χ1) is 10.7. The van der Waals surface area contributed by atoms with Gasteiger partial charge in [-0.3, -0.25) is 9.59 Å². The zero-order valence-electron chi connectivity index (χ0n) is 12.5. The van der Waals surface area contributed by atoms with Crippen molar-refractivity contribution in [3.63, 3.8) is 0 Å². The summed E-state index contributed by atoms with van der Waals surface area (Å²) in [6.45, 7) is 3.75. The summed E-state index contributed by atoms with van der Waals surface area (Å²) in [6, 6.07) is 7.51. The Hall–Kier alpha value is -2.63. The van der Waals surface area contributed by atoms with Crippen LogP contribution in [0.25, 0.3) is 0 Å². The number of rotatable bonds is 4. The van der Waals surface area contributed by atoms with E-state index in [9.17, 15) is 9.59 Å². The normalized spacial score (nSPS) is 14.7. The highest BCUT2D eigenvalue weighted by atomic mass is 16.2. The van der Waals surface area contributed by atoms with Gasteiger partial charge < -0.3 is 14.4 Å². The predicted octanol–water partition coefficient (Wildman–Crippen LogP) is 1.19. The summed E-state index contributed by atoms with van der Waals surface area (Å²) in [5.74, 6) is -0.0952. The third-order valence-electron chi connectivity index (χ3n) is 3.79. The Morgan fingerprint density at radius 3 is 2.91 bits per heavy atom. The highest BCUT2D eigenvalue weighted by Crippen LogP contribution is 2.14. The maximum Gasteiger partial charge on any atom is 0.255 e. The molecule has 1 aromatic carbocycles. The largest absolute Gasteiger partial charge is 0.333 e. The average Bonchev–Trinajstić information content (AvgIpc) is 3.16. The van der Waals surface area contributed by atoms with Crippen molar-refractivity contribution in [1.82, 2.24) is 19.4 Å². The molecule has 22 heavy (non-hydrogen) atoms. The molecule has 0 unspecified atom stereocenters. The van der Waals surface area contributed by atoms with Gasteiger partial charge in [0, 0.05) is 31.0 Å². The van der Waals surface area contributed by atoms with Crippen LogP contribution in [0, 0.1) is 0 Å². The predicted molar refractivity (Wildman–Crippen MR) is 81.1 cm³/mol. The van der Waals surface area contributed by atoms with Crippen LogP contribution in [0.15, 0.2) is 43.0 Å². The fourth-order valence-electron chi connectivity index (χ4n) is 2.59. The van der Waals surface area contributed by atoms with Crippen LogP contribution in [0.4, 0.5) is 0 Å². The van der Waals surface area contributed by atoms with E-state index in [1.807, 2.05) is 35.9 Å². The SMILES string of the molecule is CCN1CN(C(=O)c2cccc(Cn3ccnc3)c2)CC1=O. The van der Waals surface area contributed by atoms with Crippen LogP contribution in [0.1, 0.15) is 22.8 Å². The Balaban J connectivity index is 1.74. The highest BCUT2D eigenvalue weighted by Gasteiger charge is 2.30. The molecule has 1 aromatic heterocycles. The molecule has 2 amide bonds. The molecule has 0 aliphatic carbocycles. The quantitative estimate of drug-likeness (QED) is 0.852. The van der Waals surface area contributed by atoms with E-state index in [2.05, 4.69) is 4.98 Å². The molecule has 0 N–H and O–H groups in total. The fourth-order valence-corrected chi connectivity index (χ4v) is 2.59. The summed E-state index contributed by atoms with van der Waals surface area (Å²) in [5, 5.41) is 0. The van der Waals surface area contributed by atoms with Crippen molar-refractivity contribution >= 4 is 11.8 Å². The van der Waals surface area contributed by atoms with E-state index < -0.39 is 0 Å². The number of carbonyl (C=O) groups excluding carboxylic acids is 2. The smallest absolute Gasteiger partial charge is 0.255 e. The van der Waals surface area contributed by atoms with Gasteiger partial charge in [-0.2, -0.15) is 0 Å². The van der Waals surface area contributed by atoms with Crippen molar-refractivity contribution in [1.29, 1.82) is 0 Å². The van der Waals surface area contributed by atoms with E-state index >= 15 is 0 Å². The molecular formula is C16H18N4O2. The summed E-state index contributed by atoms with van der Waals surface area (Å²) in [7, 11) is 0. The molecule has 114 valence electrons. The second-order valence-corrected chi connectivity index (χ2v) is 5.33. The van der Waals surface area contributed by atoms with Crippen molar-refractivity contribution in [2.75, 3.05) is 19.8 Å². The molecule has 1 saturated heterocycles. The van der Waals surface area contributed by atoms with Crippen LogP contribution in [-0.2, 0) is 11.3 Å². The number of likely N-dealkylation sites (N-methyl/N-ethyl adjacent to an activating group) is 1. The van der Waals surface area contributed by atoms with Crippen LogP contribution in [0.3, 0.4) is 0 Å². The first-order valence-corrected chi connectivity index (χ1v) is 7.29. The standard InChI is InChI=1S/C16H18N4O2/c1-2-19-12-20(10-15(19)21)16(22)14-5-3-4-13(8-14)9-18-7-6-17-11-18/h3-8,11H,2,9-10,12H2,1H3. The lowest BCUT2D eigenvalue weighted by Crippen LogP contribution is -2.31. The summed E-state index contributed by atoms with van der Waals surface area (Å²) >= 11 is 0. The van der Waals surface area contributed by atoms with E-state index in [1.54, 1.807) is 28.4 Å². The Kier molecular flexibility index (Phi) is 3.91. The summed E-state index contributed by atoms with van der Waals surface area (Å²) in [6.07, 6.45) is 5.35. The molecular weight excluding hydrogens is 280 g/mol. The van der Waals surface area contributed by atoms with Gasteiger partial charge >= 0.3 is 0 Å². The molecule has 1 fully saturated rings. The number of carbonyl (C=O) groups is 2. The highest BCUT2D eigenvalue weighted by molar-refractivity contribution is 5.98. The van der Waals surface area contributed by atoms with Gasteiger partial charge in [0.2, 0.25) is 5.91 Å². The number of aromatic nitrogens is 2. The second kappa shape index (κ2) is 6.01. The number of hydrogen-bond acceptors (Lipinski definition) is 3. The van der Waals surface area contributed by atoms with E-state index in [4.69, 9.17) is 0 Å². The number of imidazole rings is 1. The molecule has 6 heteroatoms. The third kappa shape index (κ3) is 2.86. The van der Waals surface area contributed by atoms with Gasteiger partial charge in [0.1, 0.15) is 6.54 Å². The molecule has 6 nitrogen and oxygen atoms in total. The van der Waals surface area contributed by atoms with Gasteiger partial charge in [-0.15, -0.1) is 0 Å². The topological polar surface area (TPSA) is 58.4 Å². The molecule has 0 atom stereocenters. The second-order valence-electron chi connectivity index (χ2n) is 5.33. The minimum absolute atomic E-state index is 0.00502. The van der Waals surface area contributed by atoms with Crippen LogP contribution in [0.2, 0.25) is 0 Å². The first kappa shape index (κ1) is 14.3. The molecule has 1 aliphatic rings. The zero-order chi connectivity index (χ0) is 15.5.